The molecule has 12 heteroatoms. The molecule has 1 saturated heterocycles. The fourth-order valence-electron chi connectivity index (χ4n) is 3.95. The number of imidazole rings is 1. The lowest BCUT2D eigenvalue weighted by Crippen LogP contribution is -2.51. The van der Waals surface area contributed by atoms with Gasteiger partial charge >= 0.3 is 0 Å². The number of rotatable bonds is 9. The minimum absolute atomic E-state index is 0.0696. The average Bonchev–Trinajstić information content (AvgIpc) is 3.43. The molecule has 0 spiro atoms. The van der Waals surface area contributed by atoms with E-state index in [1.165, 1.54) is 0 Å². The minimum Gasteiger partial charge on any atom is -0.493 e. The number of halogens is 1. The van der Waals surface area contributed by atoms with E-state index in [4.69, 9.17) is 21.1 Å². The molecule has 1 aromatic carbocycles. The van der Waals surface area contributed by atoms with Crippen LogP contribution in [0.25, 0.3) is 5.95 Å². The van der Waals surface area contributed by atoms with Crippen molar-refractivity contribution in [3.8, 4) is 17.4 Å². The van der Waals surface area contributed by atoms with Gasteiger partial charge in [0.05, 0.1) is 20.3 Å². The van der Waals surface area contributed by atoms with Crippen molar-refractivity contribution < 1.29 is 19.1 Å². The predicted molar refractivity (Wildman–Crippen MR) is 133 cm³/mol. The second kappa shape index (κ2) is 11.7. The van der Waals surface area contributed by atoms with Crippen LogP contribution < -0.4 is 25.0 Å². The van der Waals surface area contributed by atoms with Gasteiger partial charge in [-0.1, -0.05) is 17.7 Å². The van der Waals surface area contributed by atoms with Crippen LogP contribution in [-0.2, 0) is 16.0 Å². The van der Waals surface area contributed by atoms with Gasteiger partial charge in [0.2, 0.25) is 11.9 Å². The van der Waals surface area contributed by atoms with Crippen molar-refractivity contribution in [2.24, 2.45) is 0 Å². The Balaban J connectivity index is 1.39. The molecule has 3 aromatic rings. The molecule has 0 aliphatic carbocycles. The van der Waals surface area contributed by atoms with Gasteiger partial charge in [-0.05, 0) is 24.1 Å². The SMILES string of the molecule is COc1ccc(CCNC(=O)CC2NCCN(c3cc(Cl)nc(-n4ccnc4)n3)C2=C=O)cc1OC. The number of aromatic nitrogens is 4. The molecule has 2 aromatic heterocycles. The molecular formula is C24H26ClN7O4. The predicted octanol–water partition coefficient (Wildman–Crippen LogP) is 1.58. The molecule has 36 heavy (non-hydrogen) atoms. The molecule has 11 nitrogen and oxygen atoms in total. The molecule has 1 fully saturated rings. The number of nitrogens with one attached hydrogen (secondary N) is 2. The first-order valence-electron chi connectivity index (χ1n) is 11.3. The van der Waals surface area contributed by atoms with Crippen molar-refractivity contribution in [2.45, 2.75) is 18.9 Å². The third-order valence-electron chi connectivity index (χ3n) is 5.71. The zero-order chi connectivity index (χ0) is 25.5. The summed E-state index contributed by atoms with van der Waals surface area (Å²) in [5, 5.41) is 6.35. The van der Waals surface area contributed by atoms with Crippen LogP contribution in [0, 0.1) is 0 Å². The van der Waals surface area contributed by atoms with E-state index in [0.29, 0.717) is 49.3 Å². The number of carbonyl (C=O) groups excluding carboxylic acids is 2. The Morgan fingerprint density at radius 2 is 2.08 bits per heavy atom. The van der Waals surface area contributed by atoms with Crippen molar-refractivity contribution in [1.82, 2.24) is 30.2 Å². The van der Waals surface area contributed by atoms with Crippen molar-refractivity contribution in [3.63, 3.8) is 0 Å². The first kappa shape index (κ1) is 25.2. The van der Waals surface area contributed by atoms with Gasteiger partial charge in [0.25, 0.3) is 0 Å². The lowest BCUT2D eigenvalue weighted by atomic mass is 10.1. The summed E-state index contributed by atoms with van der Waals surface area (Å²) in [7, 11) is 3.16. The Morgan fingerprint density at radius 3 is 2.81 bits per heavy atom. The molecular weight excluding hydrogens is 486 g/mol. The van der Waals surface area contributed by atoms with Gasteiger partial charge in [-0.2, -0.15) is 4.98 Å². The number of benzene rings is 1. The molecule has 1 atom stereocenters. The molecule has 4 rings (SSSR count). The highest BCUT2D eigenvalue weighted by molar-refractivity contribution is 6.29. The molecule has 1 unspecified atom stereocenters. The maximum Gasteiger partial charge on any atom is 0.238 e. The van der Waals surface area contributed by atoms with Gasteiger partial charge in [0.1, 0.15) is 28.9 Å². The van der Waals surface area contributed by atoms with Crippen LogP contribution in [0.15, 0.2) is 48.7 Å². The van der Waals surface area contributed by atoms with E-state index in [2.05, 4.69) is 25.6 Å². The van der Waals surface area contributed by atoms with Gasteiger partial charge in [-0.3, -0.25) is 9.36 Å². The van der Waals surface area contributed by atoms with Crippen LogP contribution in [0.1, 0.15) is 12.0 Å². The molecule has 0 radical (unpaired) electrons. The van der Waals surface area contributed by atoms with Gasteiger partial charge in [0.15, 0.2) is 11.5 Å². The summed E-state index contributed by atoms with van der Waals surface area (Å²) in [6, 6.07) is 6.68. The summed E-state index contributed by atoms with van der Waals surface area (Å²) in [4.78, 5) is 39.1. The molecule has 1 aliphatic rings. The van der Waals surface area contributed by atoms with Crippen LogP contribution in [0.5, 0.6) is 11.5 Å². The Bertz CT molecular complexity index is 1260. The number of hydrogen-bond donors (Lipinski definition) is 2. The summed E-state index contributed by atoms with van der Waals surface area (Å²) < 4.78 is 12.2. The van der Waals surface area contributed by atoms with Crippen molar-refractivity contribution in [2.75, 3.05) is 38.8 Å². The van der Waals surface area contributed by atoms with Crippen LogP contribution in [0.4, 0.5) is 5.82 Å². The number of hydrogen-bond acceptors (Lipinski definition) is 9. The largest absolute Gasteiger partial charge is 0.493 e. The van der Waals surface area contributed by atoms with Gasteiger partial charge < -0.3 is 25.0 Å². The monoisotopic (exact) mass is 511 g/mol. The lowest BCUT2D eigenvalue weighted by Gasteiger charge is -2.34. The number of piperazine rings is 1. The van der Waals surface area contributed by atoms with E-state index in [9.17, 15) is 9.59 Å². The van der Waals surface area contributed by atoms with Gasteiger partial charge in [-0.25, -0.2) is 14.8 Å². The quantitative estimate of drug-likeness (QED) is 0.325. The highest BCUT2D eigenvalue weighted by Crippen LogP contribution is 2.28. The van der Waals surface area contributed by atoms with Crippen LogP contribution in [0.2, 0.25) is 5.15 Å². The van der Waals surface area contributed by atoms with E-state index in [1.807, 2.05) is 24.1 Å². The normalized spacial score (nSPS) is 15.4. The molecule has 0 bridgehead atoms. The zero-order valence-corrected chi connectivity index (χ0v) is 20.7. The molecule has 1 aliphatic heterocycles. The second-order valence-electron chi connectivity index (χ2n) is 7.96. The Labute approximate surface area is 213 Å². The highest BCUT2D eigenvalue weighted by atomic mass is 35.5. The zero-order valence-electron chi connectivity index (χ0n) is 19.9. The molecule has 3 heterocycles. The number of amides is 1. The summed E-state index contributed by atoms with van der Waals surface area (Å²) in [5.74, 6) is 3.84. The van der Waals surface area contributed by atoms with Crippen molar-refractivity contribution in [1.29, 1.82) is 0 Å². The third-order valence-corrected chi connectivity index (χ3v) is 5.90. The fourth-order valence-corrected chi connectivity index (χ4v) is 4.13. The summed E-state index contributed by atoms with van der Waals surface area (Å²) in [6.45, 7) is 1.43. The number of carbonyl (C=O) groups is 1. The topological polar surface area (TPSA) is 124 Å². The molecule has 188 valence electrons. The fraction of sp³-hybridized carbons (Fsp3) is 0.333. The second-order valence-corrected chi connectivity index (χ2v) is 8.35. The number of ether oxygens (including phenoxy) is 2. The standard InChI is InChI=1S/C24H26ClN7O4/c1-35-19-4-3-16(11-20(19)36-2)5-6-28-23(34)12-17-18(14-33)32(10-8-27-17)22-13-21(25)29-24(30-22)31-9-7-26-15-31/h3-4,7,9,11,13,15,17,27H,5-6,8,10,12H2,1-2H3,(H,28,34). The Kier molecular flexibility index (Phi) is 8.17. The van der Waals surface area contributed by atoms with Crippen molar-refractivity contribution in [3.05, 3.63) is 59.4 Å². The van der Waals surface area contributed by atoms with E-state index < -0.39 is 6.04 Å². The van der Waals surface area contributed by atoms with E-state index in [-0.39, 0.29) is 23.2 Å². The summed E-state index contributed by atoms with van der Waals surface area (Å²) >= 11 is 6.23. The van der Waals surface area contributed by atoms with E-state index >= 15 is 0 Å². The molecule has 2 N–H and O–H groups in total. The molecule has 1 amide bonds. The maximum absolute atomic E-state index is 12.7. The number of methoxy groups -OCH3 is 2. The maximum atomic E-state index is 12.7. The first-order valence-corrected chi connectivity index (χ1v) is 11.7. The Hall–Kier alpha value is -3.92. The van der Waals surface area contributed by atoms with E-state index in [1.54, 1.807) is 48.5 Å². The Morgan fingerprint density at radius 1 is 1.25 bits per heavy atom. The van der Waals surface area contributed by atoms with Gasteiger partial charge in [-0.15, -0.1) is 0 Å². The van der Waals surface area contributed by atoms with E-state index in [0.717, 1.165) is 5.56 Å². The number of nitrogens with zero attached hydrogens (tertiary/aromatic N) is 5. The highest BCUT2D eigenvalue weighted by Gasteiger charge is 2.30. The van der Waals surface area contributed by atoms with Crippen LogP contribution in [-0.4, -0.2) is 71.3 Å². The lowest BCUT2D eigenvalue weighted by molar-refractivity contribution is -0.121. The average molecular weight is 512 g/mol. The summed E-state index contributed by atoms with van der Waals surface area (Å²) in [6.07, 6.45) is 5.53. The van der Waals surface area contributed by atoms with Crippen LogP contribution >= 0.6 is 11.6 Å². The van der Waals surface area contributed by atoms with Crippen molar-refractivity contribution >= 4 is 29.3 Å². The number of anilines is 1. The molecule has 0 saturated carbocycles. The first-order chi connectivity index (χ1) is 17.5. The van der Waals surface area contributed by atoms with Gasteiger partial charge in [0, 0.05) is 44.5 Å². The third kappa shape index (κ3) is 5.83. The minimum atomic E-state index is -0.525. The smallest absolute Gasteiger partial charge is 0.238 e. The van der Waals surface area contributed by atoms with Crippen LogP contribution in [0.3, 0.4) is 0 Å². The summed E-state index contributed by atoms with van der Waals surface area (Å²) in [5.41, 5.74) is 1.28.